The van der Waals surface area contributed by atoms with Crippen molar-refractivity contribution in [3.63, 3.8) is 0 Å². The Kier molecular flexibility index (Phi) is 4.42. The van der Waals surface area contributed by atoms with Gasteiger partial charge >= 0.3 is 5.97 Å². The second kappa shape index (κ2) is 6.25. The molecule has 112 valence electrons. The predicted molar refractivity (Wildman–Crippen MR) is 80.5 cm³/mol. The summed E-state index contributed by atoms with van der Waals surface area (Å²) in [4.78, 5) is 15.9. The van der Waals surface area contributed by atoms with Crippen LogP contribution in [0.1, 0.15) is 37.2 Å². The molecule has 21 heavy (non-hydrogen) atoms. The number of carbonyl (C=O) groups is 1. The number of hydrogen-bond acceptors (Lipinski definition) is 6. The number of esters is 1. The van der Waals surface area contributed by atoms with Gasteiger partial charge in [-0.25, -0.2) is 9.78 Å². The van der Waals surface area contributed by atoms with Gasteiger partial charge in [0.2, 0.25) is 0 Å². The van der Waals surface area contributed by atoms with Gasteiger partial charge in [0.1, 0.15) is 0 Å². The highest BCUT2D eigenvalue weighted by atomic mass is 16.5. The first-order chi connectivity index (χ1) is 10.0. The number of nitrogens with one attached hydrogen (secondary N) is 1. The fourth-order valence-corrected chi connectivity index (χ4v) is 1.78. The third kappa shape index (κ3) is 3.31. The Hall–Kier alpha value is -2.57. The predicted octanol–water partition coefficient (Wildman–Crippen LogP) is 2.36. The molecule has 2 aromatic heterocycles. The number of aromatic nitrogens is 3. The first-order valence-electron chi connectivity index (χ1n) is 6.75. The van der Waals surface area contributed by atoms with Gasteiger partial charge in [0.15, 0.2) is 5.82 Å². The zero-order chi connectivity index (χ0) is 15.4. The Bertz CT molecular complexity index is 636. The number of ether oxygens (including phenoxy) is 1. The van der Waals surface area contributed by atoms with Gasteiger partial charge < -0.3 is 15.8 Å². The minimum atomic E-state index is -0.460. The fraction of sp³-hybridized carbons (Fsp3) is 0.357. The minimum Gasteiger partial charge on any atom is -0.462 e. The quantitative estimate of drug-likeness (QED) is 0.820. The van der Waals surface area contributed by atoms with Gasteiger partial charge in [0, 0.05) is 18.4 Å². The maximum absolute atomic E-state index is 11.8. The van der Waals surface area contributed by atoms with Crippen molar-refractivity contribution in [2.24, 2.45) is 0 Å². The Labute approximate surface area is 123 Å². The van der Waals surface area contributed by atoms with E-state index in [1.165, 1.54) is 12.3 Å². The molecule has 0 unspecified atom stereocenters. The lowest BCUT2D eigenvalue weighted by molar-refractivity contribution is 0.0527. The van der Waals surface area contributed by atoms with Crippen LogP contribution in [0.25, 0.3) is 0 Å². The van der Waals surface area contributed by atoms with E-state index in [1.54, 1.807) is 13.1 Å². The molecule has 2 heterocycles. The van der Waals surface area contributed by atoms with E-state index < -0.39 is 5.97 Å². The van der Waals surface area contributed by atoms with E-state index in [1.807, 2.05) is 24.7 Å². The van der Waals surface area contributed by atoms with Crippen molar-refractivity contribution in [2.75, 3.05) is 17.7 Å². The second-order valence-electron chi connectivity index (χ2n) is 4.77. The summed E-state index contributed by atoms with van der Waals surface area (Å²) in [5.74, 6) is -0.0535. The maximum atomic E-state index is 11.8. The molecule has 0 aliphatic heterocycles. The maximum Gasteiger partial charge on any atom is 0.340 e. The average molecular weight is 289 g/mol. The molecule has 0 atom stereocenters. The van der Waals surface area contributed by atoms with Gasteiger partial charge in [-0.1, -0.05) is 0 Å². The second-order valence-corrected chi connectivity index (χ2v) is 4.77. The molecule has 0 amide bonds. The SMILES string of the molecule is CCOC(=O)c1ccnc(Nc2cnn(C(C)C)c2)c1N. The molecule has 0 spiro atoms. The number of rotatable bonds is 5. The smallest absolute Gasteiger partial charge is 0.340 e. The van der Waals surface area contributed by atoms with Crippen LogP contribution >= 0.6 is 0 Å². The zero-order valence-corrected chi connectivity index (χ0v) is 12.3. The van der Waals surface area contributed by atoms with Crippen LogP contribution in [0.3, 0.4) is 0 Å². The van der Waals surface area contributed by atoms with Gasteiger partial charge in [-0.2, -0.15) is 5.10 Å². The van der Waals surface area contributed by atoms with Crippen molar-refractivity contribution in [3.8, 4) is 0 Å². The van der Waals surface area contributed by atoms with Crippen LogP contribution in [0.15, 0.2) is 24.7 Å². The monoisotopic (exact) mass is 289 g/mol. The summed E-state index contributed by atoms with van der Waals surface area (Å²) in [5.41, 5.74) is 7.28. The number of anilines is 3. The highest BCUT2D eigenvalue weighted by Crippen LogP contribution is 2.24. The van der Waals surface area contributed by atoms with Crippen molar-refractivity contribution < 1.29 is 9.53 Å². The van der Waals surface area contributed by atoms with Gasteiger partial charge in [-0.15, -0.1) is 0 Å². The number of pyridine rings is 1. The molecule has 0 fully saturated rings. The third-order valence-electron chi connectivity index (χ3n) is 2.88. The van der Waals surface area contributed by atoms with E-state index in [9.17, 15) is 4.79 Å². The molecule has 0 aliphatic rings. The Balaban J connectivity index is 2.23. The molecule has 2 aromatic rings. The van der Waals surface area contributed by atoms with Crippen LogP contribution in [0, 0.1) is 0 Å². The molecular weight excluding hydrogens is 270 g/mol. The summed E-state index contributed by atoms with van der Waals surface area (Å²) in [7, 11) is 0. The number of nitrogen functional groups attached to an aromatic ring is 1. The minimum absolute atomic E-state index is 0.258. The summed E-state index contributed by atoms with van der Waals surface area (Å²) in [6.45, 7) is 6.11. The van der Waals surface area contributed by atoms with Crippen LogP contribution < -0.4 is 11.1 Å². The van der Waals surface area contributed by atoms with Gasteiger partial charge in [0.25, 0.3) is 0 Å². The molecule has 0 saturated carbocycles. The number of hydrogen-bond donors (Lipinski definition) is 2. The first-order valence-corrected chi connectivity index (χ1v) is 6.75. The number of nitrogens with zero attached hydrogens (tertiary/aromatic N) is 3. The Morgan fingerprint density at radius 2 is 2.29 bits per heavy atom. The fourth-order valence-electron chi connectivity index (χ4n) is 1.78. The first kappa shape index (κ1) is 14.8. The lowest BCUT2D eigenvalue weighted by Crippen LogP contribution is -2.10. The lowest BCUT2D eigenvalue weighted by atomic mass is 10.2. The van der Waals surface area contributed by atoms with Crippen molar-refractivity contribution in [1.29, 1.82) is 0 Å². The highest BCUT2D eigenvalue weighted by Gasteiger charge is 2.15. The largest absolute Gasteiger partial charge is 0.462 e. The Morgan fingerprint density at radius 3 is 2.90 bits per heavy atom. The molecule has 2 rings (SSSR count). The zero-order valence-electron chi connectivity index (χ0n) is 12.3. The van der Waals surface area contributed by atoms with Crippen molar-refractivity contribution in [1.82, 2.24) is 14.8 Å². The summed E-state index contributed by atoms with van der Waals surface area (Å²) in [6.07, 6.45) is 5.04. The molecule has 3 N–H and O–H groups in total. The van der Waals surface area contributed by atoms with Crippen molar-refractivity contribution >= 4 is 23.2 Å². The van der Waals surface area contributed by atoms with E-state index in [0.717, 1.165) is 5.69 Å². The normalized spacial score (nSPS) is 10.7. The number of carbonyl (C=O) groups excluding carboxylic acids is 1. The third-order valence-corrected chi connectivity index (χ3v) is 2.88. The molecule has 7 heteroatoms. The van der Waals surface area contributed by atoms with Crippen molar-refractivity contribution in [2.45, 2.75) is 26.8 Å². The van der Waals surface area contributed by atoms with E-state index >= 15 is 0 Å². The molecule has 0 aromatic carbocycles. The van der Waals surface area contributed by atoms with Crippen LogP contribution in [-0.4, -0.2) is 27.3 Å². The van der Waals surface area contributed by atoms with Crippen LogP contribution in [0.5, 0.6) is 0 Å². The van der Waals surface area contributed by atoms with E-state index in [-0.39, 0.29) is 11.7 Å². The topological polar surface area (TPSA) is 95.1 Å². The van der Waals surface area contributed by atoms with Crippen LogP contribution in [0.4, 0.5) is 17.2 Å². The van der Waals surface area contributed by atoms with Gasteiger partial charge in [0.05, 0.1) is 29.7 Å². The highest BCUT2D eigenvalue weighted by molar-refractivity contribution is 5.97. The van der Waals surface area contributed by atoms with E-state index in [2.05, 4.69) is 15.4 Å². The van der Waals surface area contributed by atoms with Crippen LogP contribution in [-0.2, 0) is 4.74 Å². The standard InChI is InChI=1S/C14H19N5O2/c1-4-21-14(20)11-5-6-16-13(12(11)15)18-10-7-17-19(8-10)9(2)3/h5-9H,4,15H2,1-3H3,(H,16,18). The van der Waals surface area contributed by atoms with E-state index in [4.69, 9.17) is 10.5 Å². The molecular formula is C14H19N5O2. The molecule has 7 nitrogen and oxygen atoms in total. The lowest BCUT2D eigenvalue weighted by Gasteiger charge is -2.10. The summed E-state index contributed by atoms with van der Waals surface area (Å²) >= 11 is 0. The van der Waals surface area contributed by atoms with Crippen molar-refractivity contribution in [3.05, 3.63) is 30.2 Å². The molecule has 0 bridgehead atoms. The van der Waals surface area contributed by atoms with Crippen LogP contribution in [0.2, 0.25) is 0 Å². The summed E-state index contributed by atoms with van der Waals surface area (Å²) < 4.78 is 6.77. The summed E-state index contributed by atoms with van der Waals surface area (Å²) in [5, 5.41) is 7.28. The van der Waals surface area contributed by atoms with E-state index in [0.29, 0.717) is 18.0 Å². The molecule has 0 radical (unpaired) electrons. The number of nitrogens with two attached hydrogens (primary N) is 1. The Morgan fingerprint density at radius 1 is 1.52 bits per heavy atom. The average Bonchev–Trinajstić information content (AvgIpc) is 2.90. The summed E-state index contributed by atoms with van der Waals surface area (Å²) in [6, 6.07) is 1.80. The van der Waals surface area contributed by atoms with Gasteiger partial charge in [-0.3, -0.25) is 4.68 Å². The molecule has 0 saturated heterocycles. The van der Waals surface area contributed by atoms with Gasteiger partial charge in [-0.05, 0) is 26.8 Å². The molecule has 0 aliphatic carbocycles.